The topological polar surface area (TPSA) is 29.5 Å². The van der Waals surface area contributed by atoms with Gasteiger partial charge in [0.05, 0.1) is 18.8 Å². The molecule has 1 aliphatic rings. The molecule has 0 bridgehead atoms. The minimum absolute atomic E-state index is 0.0146. The zero-order valence-electron chi connectivity index (χ0n) is 7.71. The first-order valence-corrected chi connectivity index (χ1v) is 4.50. The Morgan fingerprint density at radius 1 is 1.58 bits per heavy atom. The third kappa shape index (κ3) is 2.00. The van der Waals surface area contributed by atoms with Crippen molar-refractivity contribution in [2.24, 2.45) is 5.92 Å². The number of hydrogen-bond acceptors (Lipinski definition) is 2. The van der Waals surface area contributed by atoms with Crippen LogP contribution in [0.3, 0.4) is 0 Å². The molecule has 1 rings (SSSR count). The van der Waals surface area contributed by atoms with Crippen molar-refractivity contribution in [2.75, 3.05) is 6.61 Å². The van der Waals surface area contributed by atoms with Gasteiger partial charge < -0.3 is 9.84 Å². The Hall–Kier alpha value is -0.520. The summed E-state index contributed by atoms with van der Waals surface area (Å²) in [7, 11) is 0. The van der Waals surface area contributed by atoms with Gasteiger partial charge in [-0.2, -0.15) is 0 Å². The van der Waals surface area contributed by atoms with E-state index in [2.05, 4.69) is 18.8 Å². The van der Waals surface area contributed by atoms with Gasteiger partial charge in [0.2, 0.25) is 0 Å². The average molecular weight is 168 g/mol. The standard InChI is InChI=1S/C10H16O2/c1-3-5-8-6-9(7-11)12-10(8)4-2/h8-11H,4,6-7H2,1-2H3/t8-,9?,10-/m0/s1. The molecule has 1 aliphatic heterocycles. The number of ether oxygens (including phenoxy) is 1. The van der Waals surface area contributed by atoms with Crippen LogP contribution in [0.5, 0.6) is 0 Å². The Balaban J connectivity index is 2.54. The maximum absolute atomic E-state index is 8.89. The molecule has 68 valence electrons. The van der Waals surface area contributed by atoms with E-state index >= 15 is 0 Å². The minimum atomic E-state index is 0.0146. The molecule has 0 saturated carbocycles. The zero-order valence-corrected chi connectivity index (χ0v) is 7.71. The van der Waals surface area contributed by atoms with E-state index in [1.165, 1.54) is 0 Å². The van der Waals surface area contributed by atoms with Crippen LogP contribution in [0.25, 0.3) is 0 Å². The highest BCUT2D eigenvalue weighted by Crippen LogP contribution is 2.27. The lowest BCUT2D eigenvalue weighted by atomic mass is 9.98. The van der Waals surface area contributed by atoms with Gasteiger partial charge in [-0.15, -0.1) is 5.92 Å². The fourth-order valence-electron chi connectivity index (χ4n) is 1.67. The van der Waals surface area contributed by atoms with Crippen LogP contribution in [0.4, 0.5) is 0 Å². The van der Waals surface area contributed by atoms with E-state index in [0.29, 0.717) is 5.92 Å². The molecule has 1 saturated heterocycles. The Morgan fingerprint density at radius 3 is 2.83 bits per heavy atom. The lowest BCUT2D eigenvalue weighted by molar-refractivity contribution is 0.00698. The van der Waals surface area contributed by atoms with Crippen molar-refractivity contribution in [1.82, 2.24) is 0 Å². The first kappa shape index (κ1) is 9.57. The molecule has 1 N–H and O–H groups in total. The smallest absolute Gasteiger partial charge is 0.0822 e. The maximum atomic E-state index is 8.89. The normalized spacial score (nSPS) is 34.4. The highest BCUT2D eigenvalue weighted by atomic mass is 16.5. The van der Waals surface area contributed by atoms with Crippen LogP contribution in [0.1, 0.15) is 26.7 Å². The van der Waals surface area contributed by atoms with Crippen molar-refractivity contribution in [3.05, 3.63) is 0 Å². The molecule has 1 unspecified atom stereocenters. The number of aliphatic hydroxyl groups excluding tert-OH is 1. The summed E-state index contributed by atoms with van der Waals surface area (Å²) >= 11 is 0. The number of hydrogen-bond donors (Lipinski definition) is 1. The quantitative estimate of drug-likeness (QED) is 0.627. The van der Waals surface area contributed by atoms with Crippen LogP contribution in [0.15, 0.2) is 0 Å². The largest absolute Gasteiger partial charge is 0.394 e. The molecule has 12 heavy (non-hydrogen) atoms. The molecule has 3 atom stereocenters. The van der Waals surface area contributed by atoms with Crippen molar-refractivity contribution in [3.63, 3.8) is 0 Å². The van der Waals surface area contributed by atoms with Crippen LogP contribution in [0, 0.1) is 17.8 Å². The predicted octanol–water partition coefficient (Wildman–Crippen LogP) is 1.19. The molecule has 0 aliphatic carbocycles. The fraction of sp³-hybridized carbons (Fsp3) is 0.800. The Morgan fingerprint density at radius 2 is 2.33 bits per heavy atom. The Labute approximate surface area is 73.9 Å². The van der Waals surface area contributed by atoms with E-state index in [9.17, 15) is 0 Å². The second-order valence-corrected chi connectivity index (χ2v) is 3.12. The molecule has 0 amide bonds. The average Bonchev–Trinajstić information content (AvgIpc) is 2.48. The third-order valence-electron chi connectivity index (χ3n) is 2.27. The summed E-state index contributed by atoms with van der Waals surface area (Å²) < 4.78 is 5.57. The lowest BCUT2D eigenvalue weighted by Crippen LogP contribution is -2.15. The number of rotatable bonds is 2. The van der Waals surface area contributed by atoms with Gasteiger partial charge in [0.15, 0.2) is 0 Å². The SMILES string of the molecule is CC#C[C@H]1CC(CO)O[C@H]1CC. The number of aliphatic hydroxyl groups is 1. The van der Waals surface area contributed by atoms with E-state index in [-0.39, 0.29) is 18.8 Å². The molecule has 0 aromatic heterocycles. The van der Waals surface area contributed by atoms with E-state index < -0.39 is 0 Å². The molecule has 0 radical (unpaired) electrons. The summed E-state index contributed by atoms with van der Waals surface area (Å²) in [6.45, 7) is 4.06. The van der Waals surface area contributed by atoms with E-state index in [4.69, 9.17) is 9.84 Å². The Bertz CT molecular complexity index is 190. The maximum Gasteiger partial charge on any atom is 0.0822 e. The van der Waals surface area contributed by atoms with Gasteiger partial charge in [-0.3, -0.25) is 0 Å². The molecule has 1 fully saturated rings. The first-order valence-electron chi connectivity index (χ1n) is 4.50. The van der Waals surface area contributed by atoms with Gasteiger partial charge in [-0.25, -0.2) is 0 Å². The first-order chi connectivity index (χ1) is 5.81. The second-order valence-electron chi connectivity index (χ2n) is 3.12. The van der Waals surface area contributed by atoms with Gasteiger partial charge in [-0.1, -0.05) is 12.8 Å². The molecule has 1 heterocycles. The van der Waals surface area contributed by atoms with Crippen LogP contribution in [0.2, 0.25) is 0 Å². The summed E-state index contributed by atoms with van der Waals surface area (Å²) in [6.07, 6.45) is 2.11. The summed E-state index contributed by atoms with van der Waals surface area (Å²) in [5, 5.41) is 8.89. The minimum Gasteiger partial charge on any atom is -0.394 e. The third-order valence-corrected chi connectivity index (χ3v) is 2.27. The molecule has 0 aromatic rings. The van der Waals surface area contributed by atoms with Crippen molar-refractivity contribution < 1.29 is 9.84 Å². The van der Waals surface area contributed by atoms with Gasteiger partial charge >= 0.3 is 0 Å². The van der Waals surface area contributed by atoms with Crippen molar-refractivity contribution in [2.45, 2.75) is 38.9 Å². The molecule has 0 aromatic carbocycles. The van der Waals surface area contributed by atoms with E-state index in [1.807, 2.05) is 6.92 Å². The fourth-order valence-corrected chi connectivity index (χ4v) is 1.67. The molecule has 2 heteroatoms. The van der Waals surface area contributed by atoms with Crippen LogP contribution in [-0.4, -0.2) is 23.9 Å². The monoisotopic (exact) mass is 168 g/mol. The van der Waals surface area contributed by atoms with E-state index in [1.54, 1.807) is 0 Å². The van der Waals surface area contributed by atoms with Crippen molar-refractivity contribution in [1.29, 1.82) is 0 Å². The summed E-state index contributed by atoms with van der Waals surface area (Å²) in [6, 6.07) is 0. The zero-order chi connectivity index (χ0) is 8.97. The van der Waals surface area contributed by atoms with Crippen molar-refractivity contribution >= 4 is 0 Å². The molecular weight excluding hydrogens is 152 g/mol. The Kier molecular flexibility index (Phi) is 3.58. The summed E-state index contributed by atoms with van der Waals surface area (Å²) in [5.74, 6) is 6.36. The van der Waals surface area contributed by atoms with Gasteiger partial charge in [-0.05, 0) is 19.8 Å². The molecular formula is C10H16O2. The van der Waals surface area contributed by atoms with Gasteiger partial charge in [0.1, 0.15) is 0 Å². The predicted molar refractivity (Wildman–Crippen MR) is 47.6 cm³/mol. The van der Waals surface area contributed by atoms with Crippen LogP contribution in [-0.2, 0) is 4.74 Å². The van der Waals surface area contributed by atoms with E-state index in [0.717, 1.165) is 12.8 Å². The molecule has 2 nitrogen and oxygen atoms in total. The van der Waals surface area contributed by atoms with Gasteiger partial charge in [0, 0.05) is 5.92 Å². The van der Waals surface area contributed by atoms with Gasteiger partial charge in [0.25, 0.3) is 0 Å². The summed E-state index contributed by atoms with van der Waals surface area (Å²) in [4.78, 5) is 0. The van der Waals surface area contributed by atoms with Crippen LogP contribution < -0.4 is 0 Å². The second kappa shape index (κ2) is 4.49. The lowest BCUT2D eigenvalue weighted by Gasteiger charge is -2.10. The highest BCUT2D eigenvalue weighted by molar-refractivity contribution is 5.06. The summed E-state index contributed by atoms with van der Waals surface area (Å²) in [5.41, 5.74) is 0. The van der Waals surface area contributed by atoms with Crippen LogP contribution >= 0.6 is 0 Å². The van der Waals surface area contributed by atoms with Crippen molar-refractivity contribution in [3.8, 4) is 11.8 Å². The molecule has 0 spiro atoms. The highest BCUT2D eigenvalue weighted by Gasteiger charge is 2.32.